The molecule has 1 aromatic rings. The molecule has 2 atom stereocenters. The molecule has 1 aromatic carbocycles. The van der Waals surface area contributed by atoms with Crippen LogP contribution in [0.5, 0.6) is 0 Å². The van der Waals surface area contributed by atoms with Crippen molar-refractivity contribution in [3.05, 3.63) is 30.3 Å². The fourth-order valence-electron chi connectivity index (χ4n) is 2.33. The molecule has 0 amide bonds. The summed E-state index contributed by atoms with van der Waals surface area (Å²) in [5.74, 6) is 4.09. The summed E-state index contributed by atoms with van der Waals surface area (Å²) in [6.45, 7) is 13.7. The van der Waals surface area contributed by atoms with Gasteiger partial charge in [0.15, 0.2) is 0 Å². The van der Waals surface area contributed by atoms with Crippen LogP contribution in [0.2, 0.25) is 19.6 Å². The average molecular weight is 346 g/mol. The summed E-state index contributed by atoms with van der Waals surface area (Å²) >= 11 is 1.87. The smallest absolute Gasteiger partial charge is 0.146 e. The van der Waals surface area contributed by atoms with Crippen LogP contribution in [-0.2, 0) is 0 Å². The zero-order chi connectivity index (χ0) is 17.3. The van der Waals surface area contributed by atoms with E-state index < -0.39 is 8.07 Å². The summed E-state index contributed by atoms with van der Waals surface area (Å²) in [4.78, 5) is 4.82. The SMILES string of the molecule is CCCC(C)C(CC)SC(C#C[Si](C)(C)C)=Nc1ccccc1. The molecule has 0 aromatic heterocycles. The number of hydrogen-bond donors (Lipinski definition) is 0. The van der Waals surface area contributed by atoms with Crippen LogP contribution < -0.4 is 0 Å². The van der Waals surface area contributed by atoms with Gasteiger partial charge >= 0.3 is 0 Å². The minimum absolute atomic E-state index is 0.591. The van der Waals surface area contributed by atoms with Gasteiger partial charge in [0, 0.05) is 5.25 Å². The molecule has 0 saturated heterocycles. The standard InChI is InChI=1S/C20H31NSSi/c1-7-12-17(3)19(8-2)22-20(15-16-23(4,5)6)21-18-13-10-9-11-14-18/h9-11,13-14,17,19H,7-8,12H2,1-6H3. The molecule has 0 aliphatic carbocycles. The lowest BCUT2D eigenvalue weighted by Gasteiger charge is -2.21. The van der Waals surface area contributed by atoms with Gasteiger partial charge in [-0.3, -0.25) is 0 Å². The van der Waals surface area contributed by atoms with Crippen molar-refractivity contribution in [2.45, 2.75) is 64.9 Å². The second-order valence-corrected chi connectivity index (χ2v) is 13.1. The normalized spacial score (nSPS) is 14.8. The topological polar surface area (TPSA) is 12.4 Å². The Morgan fingerprint density at radius 1 is 1.17 bits per heavy atom. The zero-order valence-corrected chi connectivity index (χ0v) is 17.3. The van der Waals surface area contributed by atoms with E-state index in [1.807, 2.05) is 42.1 Å². The summed E-state index contributed by atoms with van der Waals surface area (Å²) < 4.78 is 0. The summed E-state index contributed by atoms with van der Waals surface area (Å²) in [6.07, 6.45) is 3.67. The van der Waals surface area contributed by atoms with Crippen molar-refractivity contribution in [3.8, 4) is 11.5 Å². The van der Waals surface area contributed by atoms with E-state index in [-0.39, 0.29) is 0 Å². The lowest BCUT2D eigenvalue weighted by molar-refractivity contribution is 0.495. The highest BCUT2D eigenvalue weighted by Gasteiger charge is 2.18. The summed E-state index contributed by atoms with van der Waals surface area (Å²) in [5, 5.41) is 1.57. The van der Waals surface area contributed by atoms with Gasteiger partial charge in [0.1, 0.15) is 13.1 Å². The molecule has 3 heteroatoms. The molecule has 0 bridgehead atoms. The van der Waals surface area contributed by atoms with Crippen molar-refractivity contribution >= 4 is 30.6 Å². The van der Waals surface area contributed by atoms with Gasteiger partial charge in [-0.1, -0.05) is 76.8 Å². The highest BCUT2D eigenvalue weighted by atomic mass is 32.2. The van der Waals surface area contributed by atoms with Gasteiger partial charge in [-0.2, -0.15) is 0 Å². The molecule has 1 rings (SSSR count). The van der Waals surface area contributed by atoms with Gasteiger partial charge in [-0.15, -0.1) is 5.54 Å². The second-order valence-electron chi connectivity index (χ2n) is 7.08. The molecule has 0 heterocycles. The maximum absolute atomic E-state index is 4.82. The minimum Gasteiger partial charge on any atom is -0.233 e. The summed E-state index contributed by atoms with van der Waals surface area (Å²) in [7, 11) is -1.40. The lowest BCUT2D eigenvalue weighted by Crippen LogP contribution is -2.18. The monoisotopic (exact) mass is 345 g/mol. The first kappa shape index (κ1) is 20.1. The van der Waals surface area contributed by atoms with Crippen molar-refractivity contribution in [2.75, 3.05) is 0 Å². The molecule has 23 heavy (non-hydrogen) atoms. The number of thioether (sulfide) groups is 1. The summed E-state index contributed by atoms with van der Waals surface area (Å²) in [5.41, 5.74) is 4.48. The third-order valence-corrected chi connectivity index (χ3v) is 5.97. The van der Waals surface area contributed by atoms with Gasteiger partial charge in [0.25, 0.3) is 0 Å². The highest BCUT2D eigenvalue weighted by Crippen LogP contribution is 2.28. The third kappa shape index (κ3) is 8.44. The van der Waals surface area contributed by atoms with Crippen LogP contribution in [0.15, 0.2) is 35.3 Å². The fraction of sp³-hybridized carbons (Fsp3) is 0.550. The molecule has 2 unspecified atom stereocenters. The molecule has 1 nitrogen and oxygen atoms in total. The van der Waals surface area contributed by atoms with Crippen LogP contribution >= 0.6 is 11.8 Å². The Bertz CT molecular complexity index is 548. The Balaban J connectivity index is 3.03. The molecule has 126 valence electrons. The molecule has 0 aliphatic rings. The molecular weight excluding hydrogens is 314 g/mol. The van der Waals surface area contributed by atoms with E-state index in [1.165, 1.54) is 12.8 Å². The maximum Gasteiger partial charge on any atom is 0.146 e. The van der Waals surface area contributed by atoms with Crippen LogP contribution in [-0.4, -0.2) is 18.4 Å². The van der Waals surface area contributed by atoms with Crippen LogP contribution in [0.1, 0.15) is 40.0 Å². The van der Waals surface area contributed by atoms with E-state index in [4.69, 9.17) is 4.99 Å². The maximum atomic E-state index is 4.82. The second kappa shape index (κ2) is 10.0. The van der Waals surface area contributed by atoms with E-state index in [1.54, 1.807) is 0 Å². The molecule has 0 aliphatic heterocycles. The molecular formula is C20H31NSSi. The van der Waals surface area contributed by atoms with Crippen LogP contribution in [0.4, 0.5) is 5.69 Å². The first-order chi connectivity index (χ1) is 10.9. The first-order valence-corrected chi connectivity index (χ1v) is 13.1. The predicted molar refractivity (Wildman–Crippen MR) is 110 cm³/mol. The summed E-state index contributed by atoms with van der Waals surface area (Å²) in [6, 6.07) is 10.2. The first-order valence-electron chi connectivity index (χ1n) is 8.69. The van der Waals surface area contributed by atoms with Crippen molar-refractivity contribution in [2.24, 2.45) is 10.9 Å². The quantitative estimate of drug-likeness (QED) is 0.246. The highest BCUT2D eigenvalue weighted by molar-refractivity contribution is 8.15. The Labute approximate surface area is 148 Å². The van der Waals surface area contributed by atoms with Crippen LogP contribution in [0.3, 0.4) is 0 Å². The molecule has 0 fully saturated rings. The number of hydrogen-bond acceptors (Lipinski definition) is 2. The zero-order valence-electron chi connectivity index (χ0n) is 15.5. The Hall–Kier alpha value is -0.983. The minimum atomic E-state index is -1.40. The van der Waals surface area contributed by atoms with E-state index in [2.05, 4.69) is 51.9 Å². The molecule has 0 spiro atoms. The molecule has 0 saturated carbocycles. The average Bonchev–Trinajstić information content (AvgIpc) is 2.50. The number of nitrogens with zero attached hydrogens (tertiary/aromatic N) is 1. The Kier molecular flexibility index (Phi) is 8.72. The van der Waals surface area contributed by atoms with E-state index in [0.29, 0.717) is 11.2 Å². The van der Waals surface area contributed by atoms with Crippen molar-refractivity contribution < 1.29 is 0 Å². The van der Waals surface area contributed by atoms with Crippen molar-refractivity contribution in [1.82, 2.24) is 0 Å². The largest absolute Gasteiger partial charge is 0.233 e. The van der Waals surface area contributed by atoms with Crippen LogP contribution in [0, 0.1) is 17.4 Å². The Morgan fingerprint density at radius 3 is 2.35 bits per heavy atom. The van der Waals surface area contributed by atoms with Crippen LogP contribution in [0.25, 0.3) is 0 Å². The van der Waals surface area contributed by atoms with Gasteiger partial charge in [-0.25, -0.2) is 4.99 Å². The van der Waals surface area contributed by atoms with Crippen molar-refractivity contribution in [3.63, 3.8) is 0 Å². The van der Waals surface area contributed by atoms with E-state index in [0.717, 1.165) is 17.2 Å². The van der Waals surface area contributed by atoms with Gasteiger partial charge in [0.05, 0.1) is 5.69 Å². The fourth-order valence-corrected chi connectivity index (χ4v) is 4.00. The van der Waals surface area contributed by atoms with E-state index >= 15 is 0 Å². The number of para-hydroxylation sites is 1. The van der Waals surface area contributed by atoms with E-state index in [9.17, 15) is 0 Å². The number of benzene rings is 1. The van der Waals surface area contributed by atoms with Gasteiger partial charge in [0.2, 0.25) is 0 Å². The lowest BCUT2D eigenvalue weighted by atomic mass is 10.0. The Morgan fingerprint density at radius 2 is 1.83 bits per heavy atom. The van der Waals surface area contributed by atoms with Gasteiger partial charge in [-0.05, 0) is 36.8 Å². The van der Waals surface area contributed by atoms with Crippen molar-refractivity contribution in [1.29, 1.82) is 0 Å². The predicted octanol–water partition coefficient (Wildman–Crippen LogP) is 6.55. The number of rotatable bonds is 6. The third-order valence-electron chi connectivity index (χ3n) is 3.58. The molecule has 0 radical (unpaired) electrons. The van der Waals surface area contributed by atoms with Gasteiger partial charge < -0.3 is 0 Å². The molecule has 0 N–H and O–H groups in total. The number of aliphatic imine (C=N–C) groups is 1.